The van der Waals surface area contributed by atoms with Gasteiger partial charge in [-0.15, -0.1) is 0 Å². The molecule has 0 saturated carbocycles. The van der Waals surface area contributed by atoms with E-state index >= 15 is 0 Å². The number of aromatic nitrogens is 2. The smallest absolute Gasteiger partial charge is 0.251 e. The monoisotopic (exact) mass is 420 g/mol. The molecule has 0 fully saturated rings. The van der Waals surface area contributed by atoms with Crippen molar-refractivity contribution in [2.75, 3.05) is 13.2 Å². The molecule has 1 unspecified atom stereocenters. The predicted octanol–water partition coefficient (Wildman–Crippen LogP) is 3.86. The van der Waals surface area contributed by atoms with Crippen LogP contribution < -0.4 is 15.4 Å². The van der Waals surface area contributed by atoms with Crippen LogP contribution in [0.15, 0.2) is 60.8 Å². The van der Waals surface area contributed by atoms with Crippen molar-refractivity contribution >= 4 is 11.8 Å². The summed E-state index contributed by atoms with van der Waals surface area (Å²) < 4.78 is 5.59. The second-order valence-electron chi connectivity index (χ2n) is 7.25. The quantitative estimate of drug-likeness (QED) is 0.434. The number of benzene rings is 2. The zero-order valence-corrected chi connectivity index (χ0v) is 17.9. The van der Waals surface area contributed by atoms with Gasteiger partial charge in [0.1, 0.15) is 11.6 Å². The van der Waals surface area contributed by atoms with Crippen LogP contribution in [0.5, 0.6) is 5.75 Å². The van der Waals surface area contributed by atoms with Gasteiger partial charge >= 0.3 is 0 Å². The maximum absolute atomic E-state index is 12.3. The third-order valence-corrected chi connectivity index (χ3v) is 4.76. The van der Waals surface area contributed by atoms with Gasteiger partial charge in [-0.25, -0.2) is 4.98 Å². The summed E-state index contributed by atoms with van der Waals surface area (Å²) in [6.45, 7) is 4.47. The lowest BCUT2D eigenvalue weighted by Crippen LogP contribution is -2.38. The molecule has 0 radical (unpaired) electrons. The van der Waals surface area contributed by atoms with Gasteiger partial charge in [0.15, 0.2) is 0 Å². The van der Waals surface area contributed by atoms with Gasteiger partial charge < -0.3 is 20.4 Å². The fourth-order valence-corrected chi connectivity index (χ4v) is 2.98. The molecule has 7 heteroatoms. The summed E-state index contributed by atoms with van der Waals surface area (Å²) in [7, 11) is 0. The molecule has 31 heavy (non-hydrogen) atoms. The van der Waals surface area contributed by atoms with Crippen molar-refractivity contribution < 1.29 is 14.3 Å². The first-order chi connectivity index (χ1) is 15.1. The molecule has 0 aliphatic rings. The van der Waals surface area contributed by atoms with Gasteiger partial charge in [-0.3, -0.25) is 9.59 Å². The molecule has 3 rings (SSSR count). The Bertz CT molecular complexity index is 984. The van der Waals surface area contributed by atoms with Crippen molar-refractivity contribution in [3.63, 3.8) is 0 Å². The Balaban J connectivity index is 1.46. The first kappa shape index (κ1) is 22.1. The molecule has 1 aromatic heterocycles. The highest BCUT2D eigenvalue weighted by molar-refractivity contribution is 5.96. The lowest BCUT2D eigenvalue weighted by atomic mass is 10.2. The summed E-state index contributed by atoms with van der Waals surface area (Å²) >= 11 is 0. The molecule has 0 spiro atoms. The van der Waals surface area contributed by atoms with Gasteiger partial charge in [0.05, 0.1) is 31.1 Å². The largest absolute Gasteiger partial charge is 0.494 e. The van der Waals surface area contributed by atoms with E-state index in [1.807, 2.05) is 37.3 Å². The lowest BCUT2D eigenvalue weighted by Gasteiger charge is -2.12. The number of rotatable bonds is 10. The van der Waals surface area contributed by atoms with Gasteiger partial charge in [-0.05, 0) is 43.2 Å². The van der Waals surface area contributed by atoms with Crippen molar-refractivity contribution in [1.82, 2.24) is 20.6 Å². The molecule has 0 bridgehead atoms. The Labute approximate surface area is 182 Å². The van der Waals surface area contributed by atoms with Gasteiger partial charge in [-0.2, -0.15) is 0 Å². The first-order valence-electron chi connectivity index (χ1n) is 10.5. The van der Waals surface area contributed by atoms with Crippen molar-refractivity contribution in [3.8, 4) is 17.0 Å². The van der Waals surface area contributed by atoms with E-state index < -0.39 is 0 Å². The highest BCUT2D eigenvalue weighted by Gasteiger charge is 2.14. The molecule has 0 aliphatic carbocycles. The number of imidazole rings is 1. The number of H-pyrrole nitrogens is 1. The number of hydrogen-bond acceptors (Lipinski definition) is 4. The second-order valence-corrected chi connectivity index (χ2v) is 7.25. The molecular formula is C24H28N4O3. The average Bonchev–Trinajstić information content (AvgIpc) is 3.29. The van der Waals surface area contributed by atoms with Gasteiger partial charge in [-0.1, -0.05) is 43.7 Å². The molecule has 7 nitrogen and oxygen atoms in total. The summed E-state index contributed by atoms with van der Waals surface area (Å²) in [4.78, 5) is 32.1. The van der Waals surface area contributed by atoms with E-state index in [2.05, 4.69) is 27.5 Å². The summed E-state index contributed by atoms with van der Waals surface area (Å²) in [6, 6.07) is 16.4. The second kappa shape index (κ2) is 11.0. The molecule has 1 heterocycles. The minimum Gasteiger partial charge on any atom is -0.494 e. The molecule has 162 valence electrons. The van der Waals surface area contributed by atoms with E-state index in [9.17, 15) is 9.59 Å². The van der Waals surface area contributed by atoms with Crippen LogP contribution in [0.3, 0.4) is 0 Å². The third kappa shape index (κ3) is 6.44. The average molecular weight is 421 g/mol. The third-order valence-electron chi connectivity index (χ3n) is 4.76. The Morgan fingerprint density at radius 1 is 1.10 bits per heavy atom. The fourth-order valence-electron chi connectivity index (χ4n) is 2.98. The topological polar surface area (TPSA) is 96.1 Å². The van der Waals surface area contributed by atoms with Crippen LogP contribution in [-0.2, 0) is 4.79 Å². The zero-order valence-electron chi connectivity index (χ0n) is 17.9. The molecule has 3 aromatic rings. The van der Waals surface area contributed by atoms with Crippen LogP contribution in [0.25, 0.3) is 11.3 Å². The number of carbonyl (C=O) groups is 2. The van der Waals surface area contributed by atoms with E-state index in [0.717, 1.165) is 29.8 Å². The predicted molar refractivity (Wildman–Crippen MR) is 120 cm³/mol. The highest BCUT2D eigenvalue weighted by Crippen LogP contribution is 2.18. The van der Waals surface area contributed by atoms with E-state index in [0.29, 0.717) is 18.0 Å². The highest BCUT2D eigenvalue weighted by atomic mass is 16.5. The summed E-state index contributed by atoms with van der Waals surface area (Å²) in [5, 5.41) is 5.47. The minimum absolute atomic E-state index is 0.121. The Kier molecular flexibility index (Phi) is 7.81. The van der Waals surface area contributed by atoms with Crippen molar-refractivity contribution in [2.24, 2.45) is 0 Å². The zero-order chi connectivity index (χ0) is 22.1. The van der Waals surface area contributed by atoms with Crippen molar-refractivity contribution in [3.05, 3.63) is 72.2 Å². The minimum atomic E-state index is -0.318. The Morgan fingerprint density at radius 2 is 1.84 bits per heavy atom. The van der Waals surface area contributed by atoms with Gasteiger partial charge in [0.25, 0.3) is 5.91 Å². The number of hydrogen-bond donors (Lipinski definition) is 3. The lowest BCUT2D eigenvalue weighted by molar-refractivity contribution is -0.120. The number of unbranched alkanes of at least 4 members (excludes halogenated alkanes) is 1. The summed E-state index contributed by atoms with van der Waals surface area (Å²) in [5.74, 6) is 0.771. The number of nitrogens with zero attached hydrogens (tertiary/aromatic N) is 1. The number of ether oxygens (including phenoxy) is 1. The molecule has 1 atom stereocenters. The molecular weight excluding hydrogens is 392 g/mol. The van der Waals surface area contributed by atoms with E-state index in [-0.39, 0.29) is 24.4 Å². The van der Waals surface area contributed by atoms with Crippen LogP contribution in [0.4, 0.5) is 0 Å². The Morgan fingerprint density at radius 3 is 2.55 bits per heavy atom. The SMILES string of the molecule is CCCCOc1ccc(C(=O)NCC(=O)NC(C)c2ncc(-c3ccccc3)[nH]2)cc1. The number of carbonyl (C=O) groups excluding carboxylic acids is 2. The van der Waals surface area contributed by atoms with Crippen LogP contribution >= 0.6 is 0 Å². The van der Waals surface area contributed by atoms with E-state index in [1.165, 1.54) is 0 Å². The number of amides is 2. The van der Waals surface area contributed by atoms with Crippen LogP contribution in [0.2, 0.25) is 0 Å². The van der Waals surface area contributed by atoms with Crippen molar-refractivity contribution in [2.45, 2.75) is 32.7 Å². The molecule has 0 aliphatic heterocycles. The number of aromatic amines is 1. The standard InChI is InChI=1S/C24H28N4O3/c1-3-4-14-31-20-12-10-19(11-13-20)24(30)26-16-22(29)27-17(2)23-25-15-21(28-23)18-8-6-5-7-9-18/h5-13,15,17H,3-4,14,16H2,1-2H3,(H,25,28)(H,26,30)(H,27,29). The first-order valence-corrected chi connectivity index (χ1v) is 10.5. The molecule has 2 aromatic carbocycles. The maximum Gasteiger partial charge on any atom is 0.251 e. The summed E-state index contributed by atoms with van der Waals surface area (Å²) in [6.07, 6.45) is 3.79. The normalized spacial score (nSPS) is 11.5. The summed E-state index contributed by atoms with van der Waals surface area (Å²) in [5.41, 5.74) is 2.38. The molecule has 3 N–H and O–H groups in total. The number of nitrogens with one attached hydrogen (secondary N) is 3. The van der Waals surface area contributed by atoms with Crippen LogP contribution in [0, 0.1) is 0 Å². The van der Waals surface area contributed by atoms with Crippen molar-refractivity contribution in [1.29, 1.82) is 0 Å². The van der Waals surface area contributed by atoms with E-state index in [1.54, 1.807) is 30.5 Å². The fraction of sp³-hybridized carbons (Fsp3) is 0.292. The maximum atomic E-state index is 12.3. The van der Waals surface area contributed by atoms with Gasteiger partial charge in [0.2, 0.25) is 5.91 Å². The molecule has 0 saturated heterocycles. The molecule has 2 amide bonds. The Hall–Kier alpha value is -3.61. The van der Waals surface area contributed by atoms with Gasteiger partial charge in [0, 0.05) is 5.56 Å². The van der Waals surface area contributed by atoms with Crippen LogP contribution in [0.1, 0.15) is 48.9 Å². The van der Waals surface area contributed by atoms with E-state index in [4.69, 9.17) is 4.74 Å². The van der Waals surface area contributed by atoms with Crippen LogP contribution in [-0.4, -0.2) is 34.9 Å².